The Bertz CT molecular complexity index is 858. The minimum Gasteiger partial charge on any atom is -0.469 e. The molecule has 2 aromatic rings. The standard InChI is InChI=1S/C18H26N4O3S/c1-5-7-13-10-14(23)22-16(19-13)26-17(20-22)21-9-6-8-12(11-21)18(2,3)15(24)25-4/h10,12H,5-9,11H2,1-4H3. The molecule has 1 fully saturated rings. The molecule has 1 aliphatic heterocycles. The van der Waals surface area contributed by atoms with E-state index in [4.69, 9.17) is 4.74 Å². The molecule has 0 spiro atoms. The first kappa shape index (κ1) is 18.8. The highest BCUT2D eigenvalue weighted by molar-refractivity contribution is 7.20. The lowest BCUT2D eigenvalue weighted by atomic mass is 9.74. The number of carbonyl (C=O) groups is 1. The number of methoxy groups -OCH3 is 1. The summed E-state index contributed by atoms with van der Waals surface area (Å²) >= 11 is 1.44. The third-order valence-electron chi connectivity index (χ3n) is 5.22. The van der Waals surface area contributed by atoms with E-state index in [0.29, 0.717) is 4.96 Å². The van der Waals surface area contributed by atoms with E-state index in [2.05, 4.69) is 21.9 Å². The average Bonchev–Trinajstić information content (AvgIpc) is 3.06. The largest absolute Gasteiger partial charge is 0.469 e. The number of hydrogen-bond acceptors (Lipinski definition) is 7. The number of aryl methyl sites for hydroxylation is 1. The zero-order valence-corrected chi connectivity index (χ0v) is 16.6. The third-order valence-corrected chi connectivity index (χ3v) is 6.19. The number of hydrogen-bond donors (Lipinski definition) is 0. The van der Waals surface area contributed by atoms with Crippen molar-refractivity contribution in [2.75, 3.05) is 25.1 Å². The first-order valence-electron chi connectivity index (χ1n) is 9.10. The smallest absolute Gasteiger partial charge is 0.311 e. The van der Waals surface area contributed by atoms with Crippen molar-refractivity contribution < 1.29 is 9.53 Å². The Hall–Kier alpha value is -1.96. The van der Waals surface area contributed by atoms with Gasteiger partial charge in [0.05, 0.1) is 12.5 Å². The average molecular weight is 378 g/mol. The normalized spacial score (nSPS) is 18.3. The summed E-state index contributed by atoms with van der Waals surface area (Å²) in [7, 11) is 1.43. The van der Waals surface area contributed by atoms with Crippen LogP contribution >= 0.6 is 11.3 Å². The maximum atomic E-state index is 12.3. The number of fused-ring (bicyclic) bond motifs is 1. The van der Waals surface area contributed by atoms with Gasteiger partial charge >= 0.3 is 5.97 Å². The SMILES string of the molecule is CCCc1cc(=O)n2nc(N3CCCC(C(C)(C)C(=O)OC)C3)sc2n1. The maximum Gasteiger partial charge on any atom is 0.311 e. The molecule has 2 aromatic heterocycles. The fourth-order valence-electron chi connectivity index (χ4n) is 3.53. The Morgan fingerprint density at radius 1 is 1.46 bits per heavy atom. The Balaban J connectivity index is 1.88. The molecule has 3 heterocycles. The Morgan fingerprint density at radius 2 is 2.23 bits per heavy atom. The summed E-state index contributed by atoms with van der Waals surface area (Å²) in [6.45, 7) is 7.53. The van der Waals surface area contributed by atoms with Gasteiger partial charge in [0.25, 0.3) is 5.56 Å². The molecular formula is C18H26N4O3S. The Labute approximate surface area is 157 Å². The number of piperidine rings is 1. The number of aromatic nitrogens is 3. The van der Waals surface area contributed by atoms with Gasteiger partial charge in [0.15, 0.2) is 0 Å². The Morgan fingerprint density at radius 3 is 2.92 bits per heavy atom. The zero-order valence-electron chi connectivity index (χ0n) is 15.8. The van der Waals surface area contributed by atoms with Crippen molar-refractivity contribution in [3.63, 3.8) is 0 Å². The van der Waals surface area contributed by atoms with Gasteiger partial charge < -0.3 is 9.64 Å². The molecule has 0 saturated carbocycles. The molecule has 0 aliphatic carbocycles. The van der Waals surface area contributed by atoms with Gasteiger partial charge in [0.2, 0.25) is 10.1 Å². The van der Waals surface area contributed by atoms with Gasteiger partial charge in [-0.05, 0) is 39.0 Å². The molecule has 26 heavy (non-hydrogen) atoms. The van der Waals surface area contributed by atoms with Crippen molar-refractivity contribution in [3.8, 4) is 0 Å². The number of rotatable bonds is 5. The van der Waals surface area contributed by atoms with Crippen molar-refractivity contribution in [2.45, 2.75) is 46.5 Å². The topological polar surface area (TPSA) is 76.8 Å². The molecule has 0 radical (unpaired) electrons. The first-order valence-corrected chi connectivity index (χ1v) is 9.91. The highest BCUT2D eigenvalue weighted by atomic mass is 32.1. The van der Waals surface area contributed by atoms with Crippen molar-refractivity contribution >= 4 is 27.4 Å². The lowest BCUT2D eigenvalue weighted by Gasteiger charge is -2.39. The number of carbonyl (C=O) groups excluding carboxylic acids is 1. The molecule has 1 aliphatic rings. The van der Waals surface area contributed by atoms with E-state index in [9.17, 15) is 9.59 Å². The minimum atomic E-state index is -0.548. The summed E-state index contributed by atoms with van der Waals surface area (Å²) in [5, 5.41) is 5.27. The van der Waals surface area contributed by atoms with Gasteiger partial charge in [-0.1, -0.05) is 24.7 Å². The molecule has 0 aromatic carbocycles. The quantitative estimate of drug-likeness (QED) is 0.744. The van der Waals surface area contributed by atoms with Crippen LogP contribution in [0.25, 0.3) is 4.96 Å². The van der Waals surface area contributed by atoms with Gasteiger partial charge in [-0.2, -0.15) is 4.52 Å². The highest BCUT2D eigenvalue weighted by Gasteiger charge is 2.40. The summed E-state index contributed by atoms with van der Waals surface area (Å²) in [4.78, 5) is 31.8. The Kier molecular flexibility index (Phi) is 5.32. The highest BCUT2D eigenvalue weighted by Crippen LogP contribution is 2.37. The molecule has 0 amide bonds. The van der Waals surface area contributed by atoms with E-state index >= 15 is 0 Å². The van der Waals surface area contributed by atoms with Crippen LogP contribution < -0.4 is 10.5 Å². The van der Waals surface area contributed by atoms with Crippen LogP contribution in [0.3, 0.4) is 0 Å². The molecule has 7 nitrogen and oxygen atoms in total. The number of anilines is 1. The summed E-state index contributed by atoms with van der Waals surface area (Å²) in [5.41, 5.74) is 0.133. The van der Waals surface area contributed by atoms with Crippen LogP contribution in [-0.4, -0.2) is 40.8 Å². The van der Waals surface area contributed by atoms with Gasteiger partial charge in [-0.25, -0.2) is 4.98 Å². The first-order chi connectivity index (χ1) is 12.4. The fourth-order valence-corrected chi connectivity index (χ4v) is 4.49. The third kappa shape index (κ3) is 3.47. The number of esters is 1. The van der Waals surface area contributed by atoms with Crippen LogP contribution in [-0.2, 0) is 16.0 Å². The fraction of sp³-hybridized carbons (Fsp3) is 0.667. The van der Waals surface area contributed by atoms with Crippen LogP contribution in [0.1, 0.15) is 45.7 Å². The minimum absolute atomic E-state index is 0.135. The van der Waals surface area contributed by atoms with Gasteiger partial charge in [-0.3, -0.25) is 9.59 Å². The summed E-state index contributed by atoms with van der Waals surface area (Å²) in [6, 6.07) is 1.57. The van der Waals surface area contributed by atoms with Gasteiger partial charge in [0, 0.05) is 24.8 Å². The van der Waals surface area contributed by atoms with Crippen LogP contribution in [0, 0.1) is 11.3 Å². The van der Waals surface area contributed by atoms with Crippen molar-refractivity contribution in [2.24, 2.45) is 11.3 Å². The molecule has 1 saturated heterocycles. The van der Waals surface area contributed by atoms with E-state index in [-0.39, 0.29) is 17.4 Å². The second-order valence-corrected chi connectivity index (χ2v) is 8.35. The molecule has 8 heteroatoms. The van der Waals surface area contributed by atoms with Crippen molar-refractivity contribution in [1.82, 2.24) is 14.6 Å². The molecule has 0 bridgehead atoms. The lowest BCUT2D eigenvalue weighted by molar-refractivity contribution is -0.154. The van der Waals surface area contributed by atoms with Crippen LogP contribution in [0.5, 0.6) is 0 Å². The summed E-state index contributed by atoms with van der Waals surface area (Å²) in [6.07, 6.45) is 3.69. The van der Waals surface area contributed by atoms with Crippen LogP contribution in [0.15, 0.2) is 10.9 Å². The molecule has 142 valence electrons. The predicted molar refractivity (Wildman–Crippen MR) is 102 cm³/mol. The molecule has 0 N–H and O–H groups in total. The maximum absolute atomic E-state index is 12.3. The van der Waals surface area contributed by atoms with Gasteiger partial charge in [-0.15, -0.1) is 5.10 Å². The predicted octanol–water partition coefficient (Wildman–Crippen LogP) is 2.52. The lowest BCUT2D eigenvalue weighted by Crippen LogP contribution is -2.45. The summed E-state index contributed by atoms with van der Waals surface area (Å²) < 4.78 is 6.37. The number of ether oxygens (including phenoxy) is 1. The van der Waals surface area contributed by atoms with E-state index in [1.165, 1.54) is 23.0 Å². The summed E-state index contributed by atoms with van der Waals surface area (Å²) in [5.74, 6) is -0.00760. The van der Waals surface area contributed by atoms with E-state index in [1.807, 2.05) is 13.8 Å². The van der Waals surface area contributed by atoms with Gasteiger partial charge in [0.1, 0.15) is 0 Å². The van der Waals surface area contributed by atoms with E-state index in [1.54, 1.807) is 6.07 Å². The zero-order chi connectivity index (χ0) is 18.9. The van der Waals surface area contributed by atoms with E-state index in [0.717, 1.165) is 49.6 Å². The van der Waals surface area contributed by atoms with Crippen molar-refractivity contribution in [3.05, 3.63) is 22.1 Å². The second kappa shape index (κ2) is 7.34. The van der Waals surface area contributed by atoms with E-state index < -0.39 is 5.41 Å². The molecule has 1 atom stereocenters. The van der Waals surface area contributed by atoms with Crippen LogP contribution in [0.4, 0.5) is 5.13 Å². The van der Waals surface area contributed by atoms with Crippen molar-refractivity contribution in [1.29, 1.82) is 0 Å². The van der Waals surface area contributed by atoms with Crippen LogP contribution in [0.2, 0.25) is 0 Å². The molecule has 3 rings (SSSR count). The molecule has 1 unspecified atom stereocenters. The number of nitrogens with zero attached hydrogens (tertiary/aromatic N) is 4. The monoisotopic (exact) mass is 378 g/mol. The molecular weight excluding hydrogens is 352 g/mol. The second-order valence-electron chi connectivity index (χ2n) is 7.41.